The Bertz CT molecular complexity index is 486. The van der Waals surface area contributed by atoms with Crippen LogP contribution in [0.5, 0.6) is 5.75 Å². The number of primary amides is 1. The van der Waals surface area contributed by atoms with Gasteiger partial charge in [-0.25, -0.2) is 0 Å². The summed E-state index contributed by atoms with van der Waals surface area (Å²) in [5.41, 5.74) is 5.69. The number of carboxylic acid groups (broad SMARTS) is 1. The van der Waals surface area contributed by atoms with Gasteiger partial charge in [0.15, 0.2) is 0 Å². The van der Waals surface area contributed by atoms with Crippen molar-refractivity contribution in [3.63, 3.8) is 0 Å². The van der Waals surface area contributed by atoms with Crippen LogP contribution in [0, 0.1) is 0 Å². The highest BCUT2D eigenvalue weighted by Gasteiger charge is 2.16. The standard InChI is InChI=1S/C16H24N2O3.CH2O2/c1-18(12-15-4-2-10-21-15)9-3-11-20-14-7-5-13(6-8-14)16(17)19;2-1-3/h5-8,15H,2-4,9-12H2,1H3,(H2,17,19);1H,(H,2,3). The van der Waals surface area contributed by atoms with Crippen molar-refractivity contribution in [2.24, 2.45) is 5.73 Å². The Morgan fingerprint density at radius 3 is 2.67 bits per heavy atom. The van der Waals surface area contributed by atoms with Crippen LogP contribution in [-0.4, -0.2) is 61.8 Å². The Hall–Kier alpha value is -2.12. The fourth-order valence-corrected chi connectivity index (χ4v) is 2.47. The van der Waals surface area contributed by atoms with Crippen molar-refractivity contribution in [1.82, 2.24) is 4.90 Å². The van der Waals surface area contributed by atoms with E-state index in [0.29, 0.717) is 18.3 Å². The lowest BCUT2D eigenvalue weighted by atomic mass is 10.2. The van der Waals surface area contributed by atoms with Crippen molar-refractivity contribution in [2.45, 2.75) is 25.4 Å². The Morgan fingerprint density at radius 2 is 2.12 bits per heavy atom. The smallest absolute Gasteiger partial charge is 0.290 e. The van der Waals surface area contributed by atoms with Gasteiger partial charge in [0, 0.05) is 25.3 Å². The summed E-state index contributed by atoms with van der Waals surface area (Å²) >= 11 is 0. The molecule has 1 heterocycles. The fourth-order valence-electron chi connectivity index (χ4n) is 2.47. The Balaban J connectivity index is 0.000000891. The van der Waals surface area contributed by atoms with E-state index in [1.54, 1.807) is 24.3 Å². The van der Waals surface area contributed by atoms with Gasteiger partial charge in [-0.05, 0) is 50.6 Å². The van der Waals surface area contributed by atoms with Crippen molar-refractivity contribution in [1.29, 1.82) is 0 Å². The summed E-state index contributed by atoms with van der Waals surface area (Å²) in [5.74, 6) is 0.346. The summed E-state index contributed by atoms with van der Waals surface area (Å²) < 4.78 is 11.3. The summed E-state index contributed by atoms with van der Waals surface area (Å²) in [6.45, 7) is 3.29. The van der Waals surface area contributed by atoms with E-state index >= 15 is 0 Å². The third kappa shape index (κ3) is 7.94. The molecule has 2 rings (SSSR count). The molecule has 1 saturated heterocycles. The number of nitrogens with zero attached hydrogens (tertiary/aromatic N) is 1. The number of amides is 1. The molecule has 7 heteroatoms. The molecule has 24 heavy (non-hydrogen) atoms. The third-order valence-corrected chi connectivity index (χ3v) is 3.63. The number of carbonyl (C=O) groups is 2. The van der Waals surface area contributed by atoms with E-state index in [-0.39, 0.29) is 6.47 Å². The molecule has 0 aliphatic carbocycles. The van der Waals surface area contributed by atoms with Gasteiger partial charge in [-0.2, -0.15) is 0 Å². The first-order chi connectivity index (χ1) is 11.6. The quantitative estimate of drug-likeness (QED) is 0.548. The number of likely N-dealkylation sites (N-methyl/N-ethyl adjacent to an activating group) is 1. The molecule has 3 N–H and O–H groups in total. The molecular weight excluding hydrogens is 312 g/mol. The lowest BCUT2D eigenvalue weighted by Gasteiger charge is -2.20. The minimum atomic E-state index is -0.419. The van der Waals surface area contributed by atoms with E-state index in [0.717, 1.165) is 31.9 Å². The van der Waals surface area contributed by atoms with Gasteiger partial charge in [-0.15, -0.1) is 0 Å². The number of ether oxygens (including phenoxy) is 2. The molecule has 0 saturated carbocycles. The summed E-state index contributed by atoms with van der Waals surface area (Å²) in [7, 11) is 2.11. The molecule has 1 unspecified atom stereocenters. The molecule has 1 aromatic carbocycles. The Morgan fingerprint density at radius 1 is 1.46 bits per heavy atom. The first-order valence-electron chi connectivity index (χ1n) is 7.97. The van der Waals surface area contributed by atoms with Gasteiger partial charge in [-0.3, -0.25) is 9.59 Å². The first kappa shape index (κ1) is 19.9. The largest absolute Gasteiger partial charge is 0.494 e. The van der Waals surface area contributed by atoms with Crippen LogP contribution in [0.15, 0.2) is 24.3 Å². The maximum absolute atomic E-state index is 11.0. The van der Waals surface area contributed by atoms with Crippen LogP contribution in [0.4, 0.5) is 0 Å². The first-order valence-corrected chi connectivity index (χ1v) is 7.97. The van der Waals surface area contributed by atoms with E-state index in [1.807, 2.05) is 0 Å². The minimum absolute atomic E-state index is 0.250. The molecule has 1 atom stereocenters. The number of hydrogen-bond donors (Lipinski definition) is 2. The number of carbonyl (C=O) groups excluding carboxylic acids is 1. The molecular formula is C17H26N2O5. The van der Waals surface area contributed by atoms with Crippen LogP contribution in [0.3, 0.4) is 0 Å². The molecule has 1 amide bonds. The second kappa shape index (κ2) is 11.4. The predicted molar refractivity (Wildman–Crippen MR) is 90.2 cm³/mol. The normalized spacial score (nSPS) is 16.3. The zero-order valence-electron chi connectivity index (χ0n) is 14.0. The zero-order valence-corrected chi connectivity index (χ0v) is 14.0. The molecule has 0 aromatic heterocycles. The van der Waals surface area contributed by atoms with Gasteiger partial charge >= 0.3 is 0 Å². The van der Waals surface area contributed by atoms with E-state index in [1.165, 1.54) is 12.8 Å². The van der Waals surface area contributed by atoms with Gasteiger partial charge < -0.3 is 25.2 Å². The van der Waals surface area contributed by atoms with Crippen molar-refractivity contribution in [3.05, 3.63) is 29.8 Å². The molecule has 1 aliphatic heterocycles. The number of nitrogens with two attached hydrogens (primary N) is 1. The Labute approximate surface area is 142 Å². The molecule has 0 radical (unpaired) electrons. The summed E-state index contributed by atoms with van der Waals surface area (Å²) in [4.78, 5) is 21.6. The highest BCUT2D eigenvalue weighted by Crippen LogP contribution is 2.14. The number of hydrogen-bond acceptors (Lipinski definition) is 5. The molecule has 0 spiro atoms. The van der Waals surface area contributed by atoms with Crippen molar-refractivity contribution in [2.75, 3.05) is 33.4 Å². The molecule has 134 valence electrons. The molecule has 7 nitrogen and oxygen atoms in total. The van der Waals surface area contributed by atoms with Crippen molar-refractivity contribution in [3.8, 4) is 5.75 Å². The number of benzene rings is 1. The maximum Gasteiger partial charge on any atom is 0.290 e. The molecule has 1 aliphatic rings. The monoisotopic (exact) mass is 338 g/mol. The second-order valence-electron chi connectivity index (χ2n) is 5.59. The van der Waals surface area contributed by atoms with Gasteiger partial charge in [0.05, 0.1) is 12.7 Å². The van der Waals surface area contributed by atoms with E-state index in [4.69, 9.17) is 25.1 Å². The van der Waals surface area contributed by atoms with E-state index in [9.17, 15) is 4.79 Å². The van der Waals surface area contributed by atoms with Crippen LogP contribution >= 0.6 is 0 Å². The van der Waals surface area contributed by atoms with Gasteiger partial charge in [0.1, 0.15) is 5.75 Å². The number of rotatable bonds is 8. The third-order valence-electron chi connectivity index (χ3n) is 3.63. The highest BCUT2D eigenvalue weighted by atomic mass is 16.5. The molecule has 1 aromatic rings. The van der Waals surface area contributed by atoms with Crippen LogP contribution < -0.4 is 10.5 Å². The van der Waals surface area contributed by atoms with Crippen LogP contribution in [0.1, 0.15) is 29.6 Å². The van der Waals surface area contributed by atoms with E-state index in [2.05, 4.69) is 11.9 Å². The fraction of sp³-hybridized carbons (Fsp3) is 0.529. The van der Waals surface area contributed by atoms with Crippen molar-refractivity contribution < 1.29 is 24.2 Å². The van der Waals surface area contributed by atoms with Crippen LogP contribution in [0.2, 0.25) is 0 Å². The summed E-state index contributed by atoms with van der Waals surface area (Å²) in [6.07, 6.45) is 3.72. The Kier molecular flexibility index (Phi) is 9.48. The van der Waals surface area contributed by atoms with Crippen molar-refractivity contribution >= 4 is 12.4 Å². The topological polar surface area (TPSA) is 102 Å². The van der Waals surface area contributed by atoms with Crippen LogP contribution in [-0.2, 0) is 9.53 Å². The lowest BCUT2D eigenvalue weighted by molar-refractivity contribution is -0.122. The highest BCUT2D eigenvalue weighted by molar-refractivity contribution is 5.92. The van der Waals surface area contributed by atoms with Crippen LogP contribution in [0.25, 0.3) is 0 Å². The van der Waals surface area contributed by atoms with Gasteiger partial charge in [-0.1, -0.05) is 0 Å². The predicted octanol–water partition coefficient (Wildman–Crippen LogP) is 1.37. The van der Waals surface area contributed by atoms with E-state index < -0.39 is 5.91 Å². The summed E-state index contributed by atoms with van der Waals surface area (Å²) in [6, 6.07) is 6.91. The lowest BCUT2D eigenvalue weighted by Crippen LogP contribution is -2.30. The second-order valence-corrected chi connectivity index (χ2v) is 5.59. The zero-order chi connectivity index (χ0) is 17.8. The van der Waals surface area contributed by atoms with Gasteiger partial charge in [0.2, 0.25) is 5.91 Å². The SMILES string of the molecule is CN(CCCOc1ccc(C(N)=O)cc1)CC1CCCO1.O=CO. The average Bonchev–Trinajstić information content (AvgIpc) is 3.05. The maximum atomic E-state index is 11.0. The molecule has 1 fully saturated rings. The molecule has 0 bridgehead atoms. The summed E-state index contributed by atoms with van der Waals surface area (Å²) in [5, 5.41) is 6.89. The minimum Gasteiger partial charge on any atom is -0.494 e. The van der Waals surface area contributed by atoms with Gasteiger partial charge in [0.25, 0.3) is 6.47 Å². The average molecular weight is 338 g/mol.